The quantitative estimate of drug-likeness (QED) is 0.414. The summed E-state index contributed by atoms with van der Waals surface area (Å²) in [5.74, 6) is -1.74. The maximum atomic E-state index is 12.9. The van der Waals surface area contributed by atoms with E-state index in [2.05, 4.69) is 5.32 Å². The molecule has 9 heteroatoms. The van der Waals surface area contributed by atoms with Gasteiger partial charge < -0.3 is 29.4 Å². The molecule has 3 aromatic carbocycles. The van der Waals surface area contributed by atoms with Gasteiger partial charge in [-0.25, -0.2) is 9.59 Å². The van der Waals surface area contributed by atoms with E-state index in [0.29, 0.717) is 5.56 Å². The third-order valence-corrected chi connectivity index (χ3v) is 5.94. The lowest BCUT2D eigenvalue weighted by atomic mass is 9.96. The van der Waals surface area contributed by atoms with Crippen LogP contribution in [0.4, 0.5) is 0 Å². The fraction of sp³-hybridized carbons (Fsp3) is 0.276. The van der Waals surface area contributed by atoms with Crippen LogP contribution in [0.5, 0.6) is 0 Å². The maximum Gasteiger partial charge on any atom is 0.338 e. The Kier molecular flexibility index (Phi) is 9.21. The van der Waals surface area contributed by atoms with Gasteiger partial charge in [-0.05, 0) is 29.8 Å². The zero-order valence-electron chi connectivity index (χ0n) is 20.8. The molecule has 0 bridgehead atoms. The van der Waals surface area contributed by atoms with Crippen molar-refractivity contribution < 1.29 is 38.4 Å². The highest BCUT2D eigenvalue weighted by Crippen LogP contribution is 2.27. The van der Waals surface area contributed by atoms with Crippen LogP contribution < -0.4 is 5.32 Å². The standard InChI is InChI=1S/C29H29NO8/c1-19(31)30-24-26(38-28(34)22-15-9-4-10-16-22)25(32)23(18-35-27(33)21-13-7-3-8-14-21)37-29(24)36-17-20-11-5-2-6-12-20/h2-16,23-26,29,32H,17-18H2,1H3,(H,30,31)/t23-,24-,25+,26+,29+/m0/s1. The van der Waals surface area contributed by atoms with E-state index in [9.17, 15) is 19.5 Å². The van der Waals surface area contributed by atoms with Crippen LogP contribution in [-0.4, -0.2) is 60.2 Å². The zero-order valence-corrected chi connectivity index (χ0v) is 20.8. The Labute approximate surface area is 220 Å². The van der Waals surface area contributed by atoms with Crippen LogP contribution in [0.1, 0.15) is 33.2 Å². The van der Waals surface area contributed by atoms with Crippen molar-refractivity contribution in [2.24, 2.45) is 0 Å². The number of aliphatic hydroxyl groups excluding tert-OH is 1. The van der Waals surface area contributed by atoms with Gasteiger partial charge in [0.25, 0.3) is 0 Å². The Bertz CT molecular complexity index is 1210. The van der Waals surface area contributed by atoms with Gasteiger partial charge in [0.15, 0.2) is 12.4 Å². The Morgan fingerprint density at radius 3 is 1.97 bits per heavy atom. The predicted molar refractivity (Wildman–Crippen MR) is 136 cm³/mol. The van der Waals surface area contributed by atoms with E-state index >= 15 is 0 Å². The molecule has 38 heavy (non-hydrogen) atoms. The van der Waals surface area contributed by atoms with E-state index in [4.69, 9.17) is 18.9 Å². The molecule has 0 aromatic heterocycles. The summed E-state index contributed by atoms with van der Waals surface area (Å²) >= 11 is 0. The number of benzene rings is 3. The second-order valence-corrected chi connectivity index (χ2v) is 8.76. The first-order chi connectivity index (χ1) is 18.4. The lowest BCUT2D eigenvalue weighted by Crippen LogP contribution is -2.65. The molecule has 5 atom stereocenters. The zero-order chi connectivity index (χ0) is 26.9. The second-order valence-electron chi connectivity index (χ2n) is 8.76. The number of carbonyl (C=O) groups is 3. The van der Waals surface area contributed by atoms with Gasteiger partial charge in [-0.1, -0.05) is 66.7 Å². The number of esters is 2. The lowest BCUT2D eigenvalue weighted by molar-refractivity contribution is -0.272. The number of aliphatic hydroxyl groups is 1. The number of rotatable bonds is 9. The van der Waals surface area contributed by atoms with Crippen molar-refractivity contribution in [3.05, 3.63) is 108 Å². The fourth-order valence-corrected chi connectivity index (χ4v) is 4.06. The molecule has 2 N–H and O–H groups in total. The van der Waals surface area contributed by atoms with Gasteiger partial charge in [0.1, 0.15) is 24.9 Å². The molecular formula is C29H29NO8. The molecule has 1 amide bonds. The van der Waals surface area contributed by atoms with Crippen molar-refractivity contribution in [1.82, 2.24) is 5.32 Å². The predicted octanol–water partition coefficient (Wildman–Crippen LogP) is 2.88. The van der Waals surface area contributed by atoms with Gasteiger partial charge in [-0.3, -0.25) is 4.79 Å². The van der Waals surface area contributed by atoms with Crippen molar-refractivity contribution in [3.63, 3.8) is 0 Å². The van der Waals surface area contributed by atoms with Crippen LogP contribution in [0, 0.1) is 0 Å². The number of carbonyl (C=O) groups excluding carboxylic acids is 3. The molecule has 0 spiro atoms. The summed E-state index contributed by atoms with van der Waals surface area (Å²) in [6.45, 7) is 1.07. The Morgan fingerprint density at radius 2 is 1.39 bits per heavy atom. The average molecular weight is 520 g/mol. The molecule has 3 aromatic rings. The molecule has 0 unspecified atom stereocenters. The SMILES string of the molecule is CC(=O)N[C@@H]1[C@H](OCc2ccccc2)O[C@@H](COC(=O)c2ccccc2)[C@@H](O)[C@@H]1OC(=O)c1ccccc1. The molecular weight excluding hydrogens is 490 g/mol. The van der Waals surface area contributed by atoms with Gasteiger partial charge in [-0.15, -0.1) is 0 Å². The summed E-state index contributed by atoms with van der Waals surface area (Å²) in [6.07, 6.45) is -4.94. The van der Waals surface area contributed by atoms with Crippen LogP contribution in [-0.2, 0) is 30.3 Å². The second kappa shape index (κ2) is 13.0. The Hall–Kier alpha value is -4.05. The molecule has 198 valence electrons. The van der Waals surface area contributed by atoms with Crippen LogP contribution in [0.15, 0.2) is 91.0 Å². The van der Waals surface area contributed by atoms with Crippen LogP contribution in [0.3, 0.4) is 0 Å². The maximum absolute atomic E-state index is 12.9. The van der Waals surface area contributed by atoms with Crippen molar-refractivity contribution in [2.45, 2.75) is 44.2 Å². The molecule has 9 nitrogen and oxygen atoms in total. The van der Waals surface area contributed by atoms with Crippen molar-refractivity contribution in [2.75, 3.05) is 6.61 Å². The van der Waals surface area contributed by atoms with E-state index in [1.165, 1.54) is 6.92 Å². The monoisotopic (exact) mass is 519 g/mol. The smallest absolute Gasteiger partial charge is 0.338 e. The van der Waals surface area contributed by atoms with E-state index in [-0.39, 0.29) is 18.8 Å². The molecule has 1 fully saturated rings. The van der Waals surface area contributed by atoms with E-state index in [0.717, 1.165) is 5.56 Å². The molecule has 1 aliphatic rings. The number of hydrogen-bond acceptors (Lipinski definition) is 8. The normalized spacial score (nSPS) is 22.7. The number of ether oxygens (including phenoxy) is 4. The van der Waals surface area contributed by atoms with Crippen LogP contribution >= 0.6 is 0 Å². The molecule has 0 saturated carbocycles. The first-order valence-electron chi connectivity index (χ1n) is 12.2. The summed E-state index contributed by atoms with van der Waals surface area (Å²) < 4.78 is 23.1. The first kappa shape index (κ1) is 27.0. The third-order valence-electron chi connectivity index (χ3n) is 5.94. The molecule has 1 saturated heterocycles. The summed E-state index contributed by atoms with van der Waals surface area (Å²) in [5, 5.41) is 13.9. The topological polar surface area (TPSA) is 120 Å². The van der Waals surface area contributed by atoms with E-state index in [1.54, 1.807) is 60.7 Å². The van der Waals surface area contributed by atoms with Gasteiger partial charge in [0, 0.05) is 6.92 Å². The highest BCUT2D eigenvalue weighted by atomic mass is 16.7. The van der Waals surface area contributed by atoms with Crippen LogP contribution in [0.25, 0.3) is 0 Å². The van der Waals surface area contributed by atoms with Gasteiger partial charge >= 0.3 is 11.9 Å². The lowest BCUT2D eigenvalue weighted by Gasteiger charge is -2.43. The van der Waals surface area contributed by atoms with Crippen molar-refractivity contribution in [3.8, 4) is 0 Å². The molecule has 0 aliphatic carbocycles. The number of amides is 1. The number of nitrogens with one attached hydrogen (secondary N) is 1. The summed E-state index contributed by atoms with van der Waals surface area (Å²) in [5.41, 5.74) is 1.44. The van der Waals surface area contributed by atoms with Crippen molar-refractivity contribution >= 4 is 17.8 Å². The third kappa shape index (κ3) is 7.04. The van der Waals surface area contributed by atoms with E-state index in [1.807, 2.05) is 30.3 Å². The Balaban J connectivity index is 1.56. The first-order valence-corrected chi connectivity index (χ1v) is 12.2. The summed E-state index contributed by atoms with van der Waals surface area (Å²) in [6, 6.07) is 24.9. The molecule has 1 heterocycles. The van der Waals surface area contributed by atoms with Crippen LogP contribution in [0.2, 0.25) is 0 Å². The summed E-state index contributed by atoms with van der Waals surface area (Å²) in [4.78, 5) is 37.5. The van der Waals surface area contributed by atoms with Gasteiger partial charge in [-0.2, -0.15) is 0 Å². The van der Waals surface area contributed by atoms with E-state index < -0.39 is 48.5 Å². The minimum atomic E-state index is -1.44. The molecule has 4 rings (SSSR count). The largest absolute Gasteiger partial charge is 0.459 e. The molecule has 1 aliphatic heterocycles. The Morgan fingerprint density at radius 1 is 0.842 bits per heavy atom. The van der Waals surface area contributed by atoms with Gasteiger partial charge in [0.2, 0.25) is 5.91 Å². The average Bonchev–Trinajstić information content (AvgIpc) is 2.95. The summed E-state index contributed by atoms with van der Waals surface area (Å²) in [7, 11) is 0. The minimum absolute atomic E-state index is 0.119. The van der Waals surface area contributed by atoms with Crippen molar-refractivity contribution in [1.29, 1.82) is 0 Å². The minimum Gasteiger partial charge on any atom is -0.459 e. The molecule has 0 radical (unpaired) electrons. The highest BCUT2D eigenvalue weighted by Gasteiger charge is 2.49. The van der Waals surface area contributed by atoms with Gasteiger partial charge in [0.05, 0.1) is 17.7 Å². The highest BCUT2D eigenvalue weighted by molar-refractivity contribution is 5.90. The fourth-order valence-electron chi connectivity index (χ4n) is 4.06. The number of hydrogen-bond donors (Lipinski definition) is 2.